The van der Waals surface area contributed by atoms with E-state index < -0.39 is 29.5 Å². The smallest absolute Gasteiger partial charge is 0.296 e. The standard InChI is InChI=1S/C13H19NO6/c15-10(13(19)6-2-4-8-20-13)11(16)14-7-3-1-5-9(14)12(17)18/h9,19H,1-8H2,(H,17,18)/p-1. The molecule has 7 heteroatoms. The number of carbonyl (C=O) groups excluding carboxylic acids is 3. The number of aliphatic hydroxyl groups is 1. The molecule has 0 saturated carbocycles. The molecule has 2 rings (SSSR count). The van der Waals surface area contributed by atoms with Gasteiger partial charge in [-0.25, -0.2) is 0 Å². The summed E-state index contributed by atoms with van der Waals surface area (Å²) in [6.07, 6.45) is 2.91. The van der Waals surface area contributed by atoms with Gasteiger partial charge in [0.1, 0.15) is 0 Å². The number of hydrogen-bond donors (Lipinski definition) is 1. The minimum absolute atomic E-state index is 0.0569. The van der Waals surface area contributed by atoms with Crippen molar-refractivity contribution in [1.82, 2.24) is 4.90 Å². The normalized spacial score (nSPS) is 30.9. The lowest BCUT2D eigenvalue weighted by Crippen LogP contribution is -2.59. The molecule has 20 heavy (non-hydrogen) atoms. The lowest BCUT2D eigenvalue weighted by molar-refractivity contribution is -0.312. The summed E-state index contributed by atoms with van der Waals surface area (Å²) in [5.74, 6) is -5.56. The number of piperidine rings is 1. The molecule has 2 unspecified atom stereocenters. The first-order valence-corrected chi connectivity index (χ1v) is 6.88. The molecule has 0 bridgehead atoms. The molecule has 112 valence electrons. The van der Waals surface area contributed by atoms with Crippen LogP contribution < -0.4 is 5.11 Å². The first-order valence-electron chi connectivity index (χ1n) is 6.88. The monoisotopic (exact) mass is 284 g/mol. The third kappa shape index (κ3) is 2.83. The Kier molecular flexibility index (Phi) is 4.39. The van der Waals surface area contributed by atoms with E-state index in [0.717, 1.165) is 11.3 Å². The van der Waals surface area contributed by atoms with Gasteiger partial charge < -0.3 is 24.6 Å². The number of amides is 1. The Bertz CT molecular complexity index is 415. The third-order valence-electron chi connectivity index (χ3n) is 3.84. The van der Waals surface area contributed by atoms with Gasteiger partial charge in [0.2, 0.25) is 5.79 Å². The van der Waals surface area contributed by atoms with Gasteiger partial charge in [0.05, 0.1) is 18.6 Å². The van der Waals surface area contributed by atoms with Crippen LogP contribution in [0.1, 0.15) is 38.5 Å². The van der Waals surface area contributed by atoms with Crippen LogP contribution in [-0.2, 0) is 19.1 Å². The van der Waals surface area contributed by atoms with Crippen LogP contribution in [-0.4, -0.2) is 52.6 Å². The van der Waals surface area contributed by atoms with Crippen LogP contribution in [0.3, 0.4) is 0 Å². The molecule has 0 aromatic rings. The van der Waals surface area contributed by atoms with Crippen LogP contribution in [0.15, 0.2) is 0 Å². The van der Waals surface area contributed by atoms with Gasteiger partial charge in [0.25, 0.3) is 11.7 Å². The number of hydrogen-bond acceptors (Lipinski definition) is 6. The highest BCUT2D eigenvalue weighted by atomic mass is 16.6. The third-order valence-corrected chi connectivity index (χ3v) is 3.84. The Labute approximate surface area is 116 Å². The first kappa shape index (κ1) is 14.9. The molecular formula is C13H18NO6-. The molecule has 0 aromatic heterocycles. The van der Waals surface area contributed by atoms with Crippen molar-refractivity contribution < 1.29 is 29.3 Å². The van der Waals surface area contributed by atoms with Crippen molar-refractivity contribution >= 4 is 17.7 Å². The van der Waals surface area contributed by atoms with Crippen LogP contribution in [0.4, 0.5) is 0 Å². The van der Waals surface area contributed by atoms with E-state index in [2.05, 4.69) is 0 Å². The van der Waals surface area contributed by atoms with Gasteiger partial charge in [-0.3, -0.25) is 9.59 Å². The molecule has 2 fully saturated rings. The summed E-state index contributed by atoms with van der Waals surface area (Å²) in [7, 11) is 0. The maximum Gasteiger partial charge on any atom is 0.296 e. The van der Waals surface area contributed by atoms with Crippen molar-refractivity contribution in [3.63, 3.8) is 0 Å². The summed E-state index contributed by atoms with van der Waals surface area (Å²) in [5, 5.41) is 21.1. The summed E-state index contributed by atoms with van der Waals surface area (Å²) in [6, 6.07) is -1.10. The highest BCUT2D eigenvalue weighted by molar-refractivity contribution is 6.39. The van der Waals surface area contributed by atoms with Crippen molar-refractivity contribution in [2.75, 3.05) is 13.2 Å². The molecular weight excluding hydrogens is 266 g/mol. The van der Waals surface area contributed by atoms with Crippen LogP contribution in [0.5, 0.6) is 0 Å². The fourth-order valence-corrected chi connectivity index (χ4v) is 2.68. The summed E-state index contributed by atoms with van der Waals surface area (Å²) in [5.41, 5.74) is 0. The van der Waals surface area contributed by atoms with E-state index in [1.54, 1.807) is 0 Å². The van der Waals surface area contributed by atoms with Crippen LogP contribution in [0.25, 0.3) is 0 Å². The van der Waals surface area contributed by atoms with Crippen molar-refractivity contribution in [2.24, 2.45) is 0 Å². The number of carbonyl (C=O) groups is 3. The van der Waals surface area contributed by atoms with Crippen molar-refractivity contribution in [3.05, 3.63) is 0 Å². The second kappa shape index (κ2) is 5.88. The molecule has 2 atom stereocenters. The maximum atomic E-state index is 12.2. The Balaban J connectivity index is 2.12. The van der Waals surface area contributed by atoms with E-state index in [9.17, 15) is 24.6 Å². The zero-order valence-corrected chi connectivity index (χ0v) is 11.2. The minimum Gasteiger partial charge on any atom is -0.548 e. The van der Waals surface area contributed by atoms with E-state index >= 15 is 0 Å². The maximum absolute atomic E-state index is 12.2. The van der Waals surface area contributed by atoms with E-state index in [-0.39, 0.29) is 26.0 Å². The SMILES string of the molecule is O=C([O-])C1CCCCN1C(=O)C(=O)C1(O)CCCCO1. The second-order valence-corrected chi connectivity index (χ2v) is 5.25. The lowest BCUT2D eigenvalue weighted by atomic mass is 9.97. The molecule has 2 heterocycles. The van der Waals surface area contributed by atoms with E-state index in [1.807, 2.05) is 0 Å². The van der Waals surface area contributed by atoms with Crippen molar-refractivity contribution in [1.29, 1.82) is 0 Å². The van der Waals surface area contributed by atoms with E-state index in [4.69, 9.17) is 4.74 Å². The van der Waals surface area contributed by atoms with E-state index in [0.29, 0.717) is 19.3 Å². The number of likely N-dealkylation sites (tertiary alicyclic amines) is 1. The zero-order valence-electron chi connectivity index (χ0n) is 11.2. The summed E-state index contributed by atoms with van der Waals surface area (Å²) in [6.45, 7) is 0.388. The van der Waals surface area contributed by atoms with Gasteiger partial charge >= 0.3 is 0 Å². The van der Waals surface area contributed by atoms with Crippen LogP contribution >= 0.6 is 0 Å². The number of nitrogens with zero attached hydrogens (tertiary/aromatic N) is 1. The Morgan fingerprint density at radius 1 is 1.20 bits per heavy atom. The molecule has 0 radical (unpaired) electrons. The van der Waals surface area contributed by atoms with Gasteiger partial charge in [0, 0.05) is 13.0 Å². The fraction of sp³-hybridized carbons (Fsp3) is 0.769. The van der Waals surface area contributed by atoms with Gasteiger partial charge in [-0.2, -0.15) is 0 Å². The quantitative estimate of drug-likeness (QED) is 0.637. The molecule has 2 aliphatic heterocycles. The number of ether oxygens (including phenoxy) is 1. The summed E-state index contributed by atoms with van der Waals surface area (Å²) < 4.78 is 5.03. The van der Waals surface area contributed by atoms with Crippen LogP contribution in [0, 0.1) is 0 Å². The number of Topliss-reactive ketones (excluding diaryl/α,β-unsaturated/α-hetero) is 1. The molecule has 0 spiro atoms. The van der Waals surface area contributed by atoms with Gasteiger partial charge in [-0.15, -0.1) is 0 Å². The average Bonchev–Trinajstić information content (AvgIpc) is 2.46. The Morgan fingerprint density at radius 2 is 1.95 bits per heavy atom. The summed E-state index contributed by atoms with van der Waals surface area (Å²) in [4.78, 5) is 36.3. The lowest BCUT2D eigenvalue weighted by Gasteiger charge is -2.38. The molecule has 0 aromatic carbocycles. The number of aliphatic carboxylic acids is 1. The summed E-state index contributed by atoms with van der Waals surface area (Å²) >= 11 is 0. The second-order valence-electron chi connectivity index (χ2n) is 5.25. The van der Waals surface area contributed by atoms with Crippen LogP contribution in [0.2, 0.25) is 0 Å². The molecule has 0 aliphatic carbocycles. The van der Waals surface area contributed by atoms with Crippen molar-refractivity contribution in [2.45, 2.75) is 50.4 Å². The highest BCUT2D eigenvalue weighted by Crippen LogP contribution is 2.25. The molecule has 1 amide bonds. The largest absolute Gasteiger partial charge is 0.548 e. The predicted octanol–water partition coefficient (Wildman–Crippen LogP) is -1.42. The van der Waals surface area contributed by atoms with Gasteiger partial charge in [-0.1, -0.05) is 0 Å². The first-order chi connectivity index (χ1) is 9.46. The fourth-order valence-electron chi connectivity index (χ4n) is 2.68. The molecule has 2 saturated heterocycles. The number of rotatable bonds is 3. The number of carboxylic acids is 1. The highest BCUT2D eigenvalue weighted by Gasteiger charge is 2.45. The predicted molar refractivity (Wildman–Crippen MR) is 64.1 cm³/mol. The Hall–Kier alpha value is -1.47. The van der Waals surface area contributed by atoms with Gasteiger partial charge in [-0.05, 0) is 32.1 Å². The number of ketones is 1. The van der Waals surface area contributed by atoms with Crippen molar-refractivity contribution in [3.8, 4) is 0 Å². The zero-order chi connectivity index (χ0) is 14.8. The van der Waals surface area contributed by atoms with E-state index in [1.165, 1.54) is 0 Å². The molecule has 2 aliphatic rings. The van der Waals surface area contributed by atoms with Gasteiger partial charge in [0.15, 0.2) is 0 Å². The molecule has 7 nitrogen and oxygen atoms in total. The topological polar surface area (TPSA) is 107 Å². The Morgan fingerprint density at radius 3 is 2.55 bits per heavy atom. The number of carboxylic acid groups (broad SMARTS) is 1. The molecule has 1 N–H and O–H groups in total. The minimum atomic E-state index is -2.11. The average molecular weight is 284 g/mol.